The Morgan fingerprint density at radius 3 is 1.54 bits per heavy atom. The van der Waals surface area contributed by atoms with Gasteiger partial charge in [-0.15, -0.1) is 0 Å². The summed E-state index contributed by atoms with van der Waals surface area (Å²) in [6.45, 7) is 7.17. The van der Waals surface area contributed by atoms with Crippen molar-refractivity contribution in [2.75, 3.05) is 4.23 Å². The predicted molar refractivity (Wildman–Crippen MR) is 159 cm³/mol. The predicted octanol–water partition coefficient (Wildman–Crippen LogP) is 4.79. The van der Waals surface area contributed by atoms with E-state index in [0.717, 1.165) is 29.6 Å². The summed E-state index contributed by atoms with van der Waals surface area (Å²) >= 11 is 0. The maximum Gasteiger partial charge on any atom is 0.246 e. The molecule has 0 aromatic heterocycles. The van der Waals surface area contributed by atoms with Gasteiger partial charge in [-0.2, -0.15) is 0 Å². The van der Waals surface area contributed by atoms with Crippen molar-refractivity contribution < 1.29 is 0 Å². The van der Waals surface area contributed by atoms with Crippen molar-refractivity contribution in [2.45, 2.75) is 38.9 Å². The van der Waals surface area contributed by atoms with Gasteiger partial charge in [0, 0.05) is 7.05 Å². The maximum absolute atomic E-state index is 4.82. The molecule has 0 amide bonds. The van der Waals surface area contributed by atoms with E-state index in [-0.39, 0.29) is 0 Å². The van der Waals surface area contributed by atoms with Crippen LogP contribution in [-0.4, -0.2) is 36.0 Å². The molecule has 0 unspecified atom stereocenters. The summed E-state index contributed by atoms with van der Waals surface area (Å²) in [6.07, 6.45) is 3.57. The molecule has 0 atom stereocenters. The van der Waals surface area contributed by atoms with Gasteiger partial charge in [0.1, 0.15) is 26.1 Å². The molecule has 0 bridgehead atoms. The van der Waals surface area contributed by atoms with E-state index in [1.165, 1.54) is 15.6 Å². The molecule has 0 N–H and O–H groups in total. The highest BCUT2D eigenvalue weighted by Gasteiger charge is 2.54. The molecule has 0 fully saturated rings. The van der Waals surface area contributed by atoms with E-state index in [1.807, 2.05) is 6.33 Å². The lowest BCUT2D eigenvalue weighted by Crippen LogP contribution is -2.83. The molecular weight excluding hydrogens is 487 g/mol. The fourth-order valence-corrected chi connectivity index (χ4v) is 19.0. The van der Waals surface area contributed by atoms with Crippen LogP contribution in [0.2, 0.25) is 18.1 Å². The molecule has 5 nitrogen and oxygen atoms in total. The van der Waals surface area contributed by atoms with Crippen molar-refractivity contribution in [1.82, 2.24) is 19.5 Å². The minimum Gasteiger partial charge on any atom is -0.398 e. The fraction of sp³-hybridized carbons (Fsp3) is 0.233. The van der Waals surface area contributed by atoms with E-state index in [2.05, 4.69) is 138 Å². The zero-order valence-corrected chi connectivity index (χ0v) is 24.2. The van der Waals surface area contributed by atoms with Crippen molar-refractivity contribution >= 4 is 37.8 Å². The van der Waals surface area contributed by atoms with Crippen molar-refractivity contribution in [3.8, 4) is 11.5 Å². The molecule has 5 rings (SSSR count). The fourth-order valence-electron chi connectivity index (χ4n) is 6.03. The monoisotopic (exact) mass is 521 g/mol. The minimum atomic E-state index is -2.84. The summed E-state index contributed by atoms with van der Waals surface area (Å²) in [5.41, 5.74) is 0.886. The molecule has 3 aromatic rings. The lowest BCUT2D eigenvalue weighted by molar-refractivity contribution is 0.854. The molecular formula is C30H35N5Si2. The summed E-state index contributed by atoms with van der Waals surface area (Å²) in [4.78, 5) is 14.0. The van der Waals surface area contributed by atoms with Gasteiger partial charge in [-0.3, -0.25) is 0 Å². The first-order valence-electron chi connectivity index (χ1n) is 13.2. The number of rotatable bonds is 9. The molecule has 0 saturated heterocycles. The SMILES string of the molecule is CC[Si](CC)(CC)N(c1c2ncnc-2ncn1C)[Si](c1ccccc1)(c1ccccc1)c1ccccc1. The van der Waals surface area contributed by atoms with Crippen LogP contribution in [0.1, 0.15) is 20.8 Å². The van der Waals surface area contributed by atoms with E-state index >= 15 is 0 Å². The molecule has 0 aliphatic carbocycles. The third-order valence-electron chi connectivity index (χ3n) is 8.05. The second-order valence-corrected chi connectivity index (χ2v) is 18.7. The topological polar surface area (TPSA) is 46.8 Å². The Balaban J connectivity index is 2.03. The molecule has 0 radical (unpaired) electrons. The summed E-state index contributed by atoms with van der Waals surface area (Å²) in [7, 11) is -2.84. The second-order valence-electron chi connectivity index (χ2n) is 9.65. The number of aryl methyl sites for hydroxylation is 1. The van der Waals surface area contributed by atoms with Crippen LogP contribution >= 0.6 is 0 Å². The average molecular weight is 522 g/mol. The van der Waals surface area contributed by atoms with Gasteiger partial charge in [-0.1, -0.05) is 112 Å². The van der Waals surface area contributed by atoms with Crippen LogP contribution in [0.5, 0.6) is 0 Å². The van der Waals surface area contributed by atoms with Crippen LogP contribution in [0.25, 0.3) is 11.5 Å². The van der Waals surface area contributed by atoms with Gasteiger partial charge in [0.05, 0.1) is 6.33 Å². The largest absolute Gasteiger partial charge is 0.398 e. The van der Waals surface area contributed by atoms with E-state index in [0.29, 0.717) is 5.82 Å². The Morgan fingerprint density at radius 2 is 1.11 bits per heavy atom. The molecule has 2 heterocycles. The Labute approximate surface area is 222 Å². The zero-order valence-electron chi connectivity index (χ0n) is 22.2. The first-order chi connectivity index (χ1) is 18.1. The highest BCUT2D eigenvalue weighted by molar-refractivity contribution is 7.21. The number of imidazole rings is 1. The third-order valence-corrected chi connectivity index (χ3v) is 20.0. The van der Waals surface area contributed by atoms with Gasteiger partial charge in [0.2, 0.25) is 8.24 Å². The summed E-state index contributed by atoms with van der Waals surface area (Å²) in [5, 5.41) is 4.14. The van der Waals surface area contributed by atoms with Crippen LogP contribution in [0.3, 0.4) is 0 Å². The second kappa shape index (κ2) is 10.4. The quantitative estimate of drug-likeness (QED) is 0.207. The summed E-state index contributed by atoms with van der Waals surface area (Å²) in [5.74, 6) is 1.85. The molecule has 0 saturated carbocycles. The van der Waals surface area contributed by atoms with Crippen LogP contribution in [0, 0.1) is 0 Å². The number of anilines is 1. The third kappa shape index (κ3) is 4.02. The van der Waals surface area contributed by atoms with Gasteiger partial charge < -0.3 is 8.80 Å². The Kier molecular flexibility index (Phi) is 7.08. The smallest absolute Gasteiger partial charge is 0.246 e. The molecule has 0 spiro atoms. The van der Waals surface area contributed by atoms with Crippen LogP contribution in [0.15, 0.2) is 104 Å². The van der Waals surface area contributed by atoms with Crippen molar-refractivity contribution in [2.24, 2.45) is 7.05 Å². The summed E-state index contributed by atoms with van der Waals surface area (Å²) in [6, 6.07) is 37.0. The van der Waals surface area contributed by atoms with Crippen molar-refractivity contribution in [3.63, 3.8) is 0 Å². The number of benzene rings is 3. The Bertz CT molecular complexity index is 1300. The van der Waals surface area contributed by atoms with Gasteiger partial charge in [0.15, 0.2) is 5.82 Å². The van der Waals surface area contributed by atoms with Gasteiger partial charge in [0.25, 0.3) is 0 Å². The molecule has 2 aliphatic rings. The van der Waals surface area contributed by atoms with Crippen LogP contribution < -0.4 is 19.8 Å². The lowest BCUT2D eigenvalue weighted by Gasteiger charge is -2.55. The summed E-state index contributed by atoms with van der Waals surface area (Å²) < 4.78 is 5.12. The van der Waals surface area contributed by atoms with Crippen molar-refractivity contribution in [3.05, 3.63) is 104 Å². The average Bonchev–Trinajstić information content (AvgIpc) is 3.45. The molecule has 2 aliphatic heterocycles. The number of aromatic nitrogens is 4. The zero-order chi connectivity index (χ0) is 25.9. The maximum atomic E-state index is 4.82. The molecule has 188 valence electrons. The number of nitrogens with zero attached hydrogens (tertiary/aromatic N) is 5. The molecule has 7 heteroatoms. The lowest BCUT2D eigenvalue weighted by atomic mass is 10.3. The van der Waals surface area contributed by atoms with E-state index in [1.54, 1.807) is 6.33 Å². The Hall–Kier alpha value is -3.56. The number of fused-ring (bicyclic) bond motifs is 1. The first-order valence-corrected chi connectivity index (χ1v) is 17.7. The van der Waals surface area contributed by atoms with E-state index in [9.17, 15) is 0 Å². The molecule has 37 heavy (non-hydrogen) atoms. The number of hydrogen-bond acceptors (Lipinski definition) is 4. The van der Waals surface area contributed by atoms with Gasteiger partial charge in [-0.25, -0.2) is 15.0 Å². The van der Waals surface area contributed by atoms with Gasteiger partial charge >= 0.3 is 0 Å². The standard InChI is InChI=1S/C30H35N5Si2/c1-5-36(6-2,7-3)35(30-28-29(32-23-31-28)33-24-34(30)4)37(25-17-11-8-12-18-25,26-19-13-9-14-20-26)27-21-15-10-16-22-27/h8-24H,5-7H2,1-4H3. The highest BCUT2D eigenvalue weighted by atomic mass is 28.4. The Morgan fingerprint density at radius 1 is 0.649 bits per heavy atom. The normalized spacial score (nSPS) is 12.1. The highest BCUT2D eigenvalue weighted by Crippen LogP contribution is 2.39. The molecule has 3 aromatic carbocycles. The van der Waals surface area contributed by atoms with E-state index in [4.69, 9.17) is 4.98 Å². The first kappa shape index (κ1) is 25.1. The number of hydrogen-bond donors (Lipinski definition) is 0. The minimum absolute atomic E-state index is 0.710. The van der Waals surface area contributed by atoms with Crippen LogP contribution in [0.4, 0.5) is 5.82 Å². The van der Waals surface area contributed by atoms with Crippen molar-refractivity contribution in [1.29, 1.82) is 0 Å². The van der Waals surface area contributed by atoms with Crippen LogP contribution in [-0.2, 0) is 7.05 Å². The van der Waals surface area contributed by atoms with Gasteiger partial charge in [-0.05, 0) is 33.7 Å². The van der Waals surface area contributed by atoms with E-state index < -0.39 is 16.5 Å².